The van der Waals surface area contributed by atoms with Crippen LogP contribution >= 0.6 is 15.9 Å². The summed E-state index contributed by atoms with van der Waals surface area (Å²) in [5.41, 5.74) is 0.500. The summed E-state index contributed by atoms with van der Waals surface area (Å²) in [6.07, 6.45) is 1.43. The first kappa shape index (κ1) is 16.5. The molecule has 0 aliphatic carbocycles. The van der Waals surface area contributed by atoms with Gasteiger partial charge in [0.2, 0.25) is 0 Å². The van der Waals surface area contributed by atoms with Crippen LogP contribution < -0.4 is 4.74 Å². The first-order valence-corrected chi connectivity index (χ1v) is 7.62. The zero-order valence-corrected chi connectivity index (χ0v) is 14.4. The van der Waals surface area contributed by atoms with Crippen LogP contribution in [0.25, 0.3) is 6.08 Å². The largest absolute Gasteiger partial charge is 0.490 e. The van der Waals surface area contributed by atoms with Crippen molar-refractivity contribution in [1.82, 2.24) is 0 Å². The molecule has 22 heavy (non-hydrogen) atoms. The topological polar surface area (TPSA) is 61.8 Å². The Balaban J connectivity index is 2.33. The van der Waals surface area contributed by atoms with Gasteiger partial charge in [-0.05, 0) is 53.5 Å². The molecule has 0 spiro atoms. The highest BCUT2D eigenvalue weighted by molar-refractivity contribution is 9.10. The van der Waals surface area contributed by atoms with Crippen LogP contribution in [-0.2, 0) is 19.1 Å². The average Bonchev–Trinajstić information content (AvgIpc) is 2.36. The normalized spacial score (nSPS) is 17.1. The predicted octanol–water partition coefficient (Wildman–Crippen LogP) is 3.46. The maximum atomic E-state index is 11.9. The summed E-state index contributed by atoms with van der Waals surface area (Å²) in [6.45, 7) is 6.84. The molecule has 0 N–H and O–H groups in total. The summed E-state index contributed by atoms with van der Waals surface area (Å²) in [4.78, 5) is 23.8. The number of benzene rings is 1. The second kappa shape index (κ2) is 6.12. The van der Waals surface area contributed by atoms with Gasteiger partial charge < -0.3 is 14.2 Å². The standard InChI is InChI=1S/C16H17BrO5/c1-9(2)20-13-8-10(5-6-12(13)17)7-11-14(18)21-16(3,4)22-15(11)19/h5-9H,1-4H3. The lowest BCUT2D eigenvalue weighted by Gasteiger charge is -2.29. The Hall–Kier alpha value is -1.82. The molecule has 0 amide bonds. The molecule has 1 aliphatic heterocycles. The van der Waals surface area contributed by atoms with Crippen LogP contribution in [0.5, 0.6) is 5.75 Å². The molecule has 1 aliphatic rings. The molecular weight excluding hydrogens is 352 g/mol. The highest BCUT2D eigenvalue weighted by Crippen LogP contribution is 2.29. The lowest BCUT2D eigenvalue weighted by molar-refractivity contribution is -0.222. The SMILES string of the molecule is CC(C)Oc1cc(C=C2C(=O)OC(C)(C)OC2=O)ccc1Br. The van der Waals surface area contributed by atoms with Crippen molar-refractivity contribution >= 4 is 33.9 Å². The summed E-state index contributed by atoms with van der Waals surface area (Å²) in [5, 5.41) is 0. The molecule has 1 aromatic carbocycles. The van der Waals surface area contributed by atoms with Crippen LogP contribution in [-0.4, -0.2) is 23.8 Å². The summed E-state index contributed by atoms with van der Waals surface area (Å²) >= 11 is 3.39. The zero-order valence-electron chi connectivity index (χ0n) is 12.8. The van der Waals surface area contributed by atoms with Crippen molar-refractivity contribution in [3.8, 4) is 5.75 Å². The van der Waals surface area contributed by atoms with Crippen LogP contribution in [0.2, 0.25) is 0 Å². The van der Waals surface area contributed by atoms with Gasteiger partial charge in [-0.15, -0.1) is 0 Å². The third-order valence-electron chi connectivity index (χ3n) is 2.75. The number of esters is 2. The maximum Gasteiger partial charge on any atom is 0.348 e. The number of carbonyl (C=O) groups is 2. The highest BCUT2D eigenvalue weighted by Gasteiger charge is 2.38. The van der Waals surface area contributed by atoms with E-state index in [9.17, 15) is 9.59 Å². The van der Waals surface area contributed by atoms with E-state index in [-0.39, 0.29) is 11.7 Å². The summed E-state index contributed by atoms with van der Waals surface area (Å²) < 4.78 is 16.6. The van der Waals surface area contributed by atoms with Gasteiger partial charge in [0.15, 0.2) is 0 Å². The quantitative estimate of drug-likeness (QED) is 0.464. The van der Waals surface area contributed by atoms with E-state index in [1.54, 1.807) is 18.2 Å². The number of halogens is 1. The highest BCUT2D eigenvalue weighted by atomic mass is 79.9. The van der Waals surface area contributed by atoms with Gasteiger partial charge in [0.05, 0.1) is 10.6 Å². The Kier molecular flexibility index (Phi) is 4.60. The lowest BCUT2D eigenvalue weighted by atomic mass is 10.1. The molecule has 1 heterocycles. The van der Waals surface area contributed by atoms with E-state index in [2.05, 4.69) is 15.9 Å². The second-order valence-electron chi connectivity index (χ2n) is 5.59. The predicted molar refractivity (Wildman–Crippen MR) is 84.1 cm³/mol. The summed E-state index contributed by atoms with van der Waals surface area (Å²) in [5.74, 6) is -2.01. The smallest absolute Gasteiger partial charge is 0.348 e. The first-order valence-electron chi connectivity index (χ1n) is 6.82. The number of cyclic esters (lactones) is 2. The van der Waals surface area contributed by atoms with E-state index < -0.39 is 17.7 Å². The van der Waals surface area contributed by atoms with Crippen molar-refractivity contribution in [3.63, 3.8) is 0 Å². The number of ether oxygens (including phenoxy) is 3. The van der Waals surface area contributed by atoms with E-state index >= 15 is 0 Å². The average molecular weight is 369 g/mol. The number of hydrogen-bond donors (Lipinski definition) is 0. The van der Waals surface area contributed by atoms with Crippen LogP contribution in [0, 0.1) is 0 Å². The Labute approximate surface area is 137 Å². The molecule has 1 aromatic rings. The zero-order chi connectivity index (χ0) is 16.5. The summed E-state index contributed by atoms with van der Waals surface area (Å²) in [7, 11) is 0. The van der Waals surface area contributed by atoms with Gasteiger partial charge in [-0.25, -0.2) is 9.59 Å². The molecular formula is C16H17BrO5. The molecule has 1 fully saturated rings. The van der Waals surface area contributed by atoms with Crippen molar-refractivity contribution in [2.45, 2.75) is 39.6 Å². The molecule has 0 radical (unpaired) electrons. The van der Waals surface area contributed by atoms with Crippen molar-refractivity contribution < 1.29 is 23.8 Å². The monoisotopic (exact) mass is 368 g/mol. The van der Waals surface area contributed by atoms with Gasteiger partial charge in [0.25, 0.3) is 5.79 Å². The third-order valence-corrected chi connectivity index (χ3v) is 3.40. The molecule has 0 atom stereocenters. The van der Waals surface area contributed by atoms with Gasteiger partial charge in [0.1, 0.15) is 11.3 Å². The fourth-order valence-corrected chi connectivity index (χ4v) is 2.24. The maximum absolute atomic E-state index is 11.9. The molecule has 0 unspecified atom stereocenters. The third kappa shape index (κ3) is 3.88. The molecule has 6 heteroatoms. The van der Waals surface area contributed by atoms with Crippen molar-refractivity contribution in [2.75, 3.05) is 0 Å². The fourth-order valence-electron chi connectivity index (χ4n) is 1.90. The van der Waals surface area contributed by atoms with E-state index in [4.69, 9.17) is 14.2 Å². The second-order valence-corrected chi connectivity index (χ2v) is 6.45. The van der Waals surface area contributed by atoms with Crippen LogP contribution in [0.4, 0.5) is 0 Å². The van der Waals surface area contributed by atoms with Crippen LogP contribution in [0.1, 0.15) is 33.3 Å². The van der Waals surface area contributed by atoms with E-state index in [1.807, 2.05) is 13.8 Å². The van der Waals surface area contributed by atoms with Gasteiger partial charge in [-0.3, -0.25) is 0 Å². The molecule has 1 saturated heterocycles. The van der Waals surface area contributed by atoms with Crippen molar-refractivity contribution in [2.24, 2.45) is 0 Å². The number of rotatable bonds is 3. The van der Waals surface area contributed by atoms with E-state index in [0.29, 0.717) is 11.3 Å². The minimum atomic E-state index is -1.24. The molecule has 118 valence electrons. The minimum Gasteiger partial charge on any atom is -0.490 e. The minimum absolute atomic E-state index is 0.00427. The first-order chi connectivity index (χ1) is 10.2. The lowest BCUT2D eigenvalue weighted by Crippen LogP contribution is -2.41. The Morgan fingerprint density at radius 2 is 1.77 bits per heavy atom. The molecule has 5 nitrogen and oxygen atoms in total. The van der Waals surface area contributed by atoms with Gasteiger partial charge >= 0.3 is 11.9 Å². The van der Waals surface area contributed by atoms with Crippen LogP contribution in [0.15, 0.2) is 28.2 Å². The summed E-state index contributed by atoms with van der Waals surface area (Å²) in [6, 6.07) is 5.27. The molecule has 0 saturated carbocycles. The van der Waals surface area contributed by atoms with Crippen molar-refractivity contribution in [3.05, 3.63) is 33.8 Å². The van der Waals surface area contributed by atoms with Crippen molar-refractivity contribution in [1.29, 1.82) is 0 Å². The molecule has 2 rings (SSSR count). The van der Waals surface area contributed by atoms with E-state index in [0.717, 1.165) is 4.47 Å². The Morgan fingerprint density at radius 3 is 2.32 bits per heavy atom. The van der Waals surface area contributed by atoms with Gasteiger partial charge in [0, 0.05) is 13.8 Å². The Morgan fingerprint density at radius 1 is 1.18 bits per heavy atom. The number of carbonyl (C=O) groups excluding carboxylic acids is 2. The van der Waals surface area contributed by atoms with Gasteiger partial charge in [-0.1, -0.05) is 6.07 Å². The fraction of sp³-hybridized carbons (Fsp3) is 0.375. The molecule has 0 aromatic heterocycles. The van der Waals surface area contributed by atoms with Crippen LogP contribution in [0.3, 0.4) is 0 Å². The molecule has 0 bridgehead atoms. The van der Waals surface area contributed by atoms with E-state index in [1.165, 1.54) is 19.9 Å². The van der Waals surface area contributed by atoms with Gasteiger partial charge in [-0.2, -0.15) is 0 Å². The Bertz CT molecular complexity index is 624. The number of hydrogen-bond acceptors (Lipinski definition) is 5.